The number of carbonyl (C=O) groups is 3. The van der Waals surface area contributed by atoms with E-state index < -0.39 is 0 Å². The molecule has 5 rings (SSSR count). The lowest BCUT2D eigenvalue weighted by Crippen LogP contribution is -2.35. The molecule has 5 heteroatoms. The highest BCUT2D eigenvalue weighted by Crippen LogP contribution is 2.56. The number of benzene rings is 2. The molecule has 0 aromatic heterocycles. The van der Waals surface area contributed by atoms with E-state index in [1.54, 1.807) is 0 Å². The van der Waals surface area contributed by atoms with E-state index in [0.717, 1.165) is 35.7 Å². The van der Waals surface area contributed by atoms with Gasteiger partial charge in [-0.3, -0.25) is 19.3 Å². The fourth-order valence-corrected chi connectivity index (χ4v) is 5.45. The van der Waals surface area contributed by atoms with Gasteiger partial charge in [0.05, 0.1) is 11.8 Å². The van der Waals surface area contributed by atoms with Crippen molar-refractivity contribution in [3.63, 3.8) is 0 Å². The van der Waals surface area contributed by atoms with Crippen LogP contribution in [0.3, 0.4) is 0 Å². The van der Waals surface area contributed by atoms with Crippen molar-refractivity contribution in [3.8, 4) is 0 Å². The van der Waals surface area contributed by atoms with Crippen LogP contribution >= 0.6 is 0 Å². The molecule has 0 spiro atoms. The van der Waals surface area contributed by atoms with E-state index in [1.165, 1.54) is 4.90 Å². The molecular weight excluding hydrogens is 340 g/mol. The van der Waals surface area contributed by atoms with E-state index in [4.69, 9.17) is 0 Å². The maximum Gasteiger partial charge on any atom is 0.233 e. The zero-order chi connectivity index (χ0) is 18.5. The second-order valence-electron chi connectivity index (χ2n) is 8.04. The van der Waals surface area contributed by atoms with Gasteiger partial charge in [0.2, 0.25) is 17.7 Å². The Morgan fingerprint density at radius 3 is 2.37 bits per heavy atom. The first-order valence-corrected chi connectivity index (χ1v) is 9.76. The minimum atomic E-state index is -0.174. The van der Waals surface area contributed by atoms with Gasteiger partial charge in [-0.15, -0.1) is 0 Å². The van der Waals surface area contributed by atoms with Gasteiger partial charge in [0.15, 0.2) is 0 Å². The molecule has 5 nitrogen and oxygen atoms in total. The molecule has 0 unspecified atom stereocenters. The predicted octanol–water partition coefficient (Wildman–Crippen LogP) is 3.20. The van der Waals surface area contributed by atoms with E-state index in [-0.39, 0.29) is 42.5 Å². The number of likely N-dealkylation sites (tertiary alicyclic amines) is 1. The molecule has 1 N–H and O–H groups in total. The Bertz CT molecular complexity index is 920. The Balaban J connectivity index is 1.26. The normalized spacial score (nSPS) is 28.8. The molecule has 1 heterocycles. The Morgan fingerprint density at radius 1 is 0.963 bits per heavy atom. The monoisotopic (exact) mass is 362 g/mol. The van der Waals surface area contributed by atoms with Crippen LogP contribution in [0, 0.1) is 23.7 Å². The second kappa shape index (κ2) is 6.19. The molecule has 27 heavy (non-hydrogen) atoms. The summed E-state index contributed by atoms with van der Waals surface area (Å²) in [6, 6.07) is 13.6. The third-order valence-electron chi connectivity index (χ3n) is 6.64. The van der Waals surface area contributed by atoms with Gasteiger partial charge in [0, 0.05) is 24.0 Å². The second-order valence-corrected chi connectivity index (χ2v) is 8.04. The Morgan fingerprint density at radius 2 is 1.63 bits per heavy atom. The van der Waals surface area contributed by atoms with Crippen LogP contribution in [0.1, 0.15) is 25.7 Å². The smallest absolute Gasteiger partial charge is 0.233 e. The number of hydrogen-bond acceptors (Lipinski definition) is 3. The molecule has 4 atom stereocenters. The summed E-state index contributed by atoms with van der Waals surface area (Å²) in [7, 11) is 0. The van der Waals surface area contributed by atoms with Gasteiger partial charge < -0.3 is 5.32 Å². The highest BCUT2D eigenvalue weighted by atomic mass is 16.2. The van der Waals surface area contributed by atoms with Crippen LogP contribution in [0.2, 0.25) is 0 Å². The van der Waals surface area contributed by atoms with E-state index in [9.17, 15) is 14.4 Å². The summed E-state index contributed by atoms with van der Waals surface area (Å²) in [5.41, 5.74) is 0.757. The number of amides is 3. The topological polar surface area (TPSA) is 66.5 Å². The molecule has 3 amide bonds. The number of rotatable bonds is 4. The van der Waals surface area contributed by atoms with E-state index in [0.29, 0.717) is 11.8 Å². The number of anilines is 1. The molecule has 3 fully saturated rings. The quantitative estimate of drug-likeness (QED) is 0.850. The lowest BCUT2D eigenvalue weighted by atomic mass is 9.81. The average molecular weight is 362 g/mol. The van der Waals surface area contributed by atoms with Crippen molar-refractivity contribution < 1.29 is 14.4 Å². The summed E-state index contributed by atoms with van der Waals surface area (Å²) in [6.45, 7) is 0.181. The van der Waals surface area contributed by atoms with Crippen LogP contribution in [0.5, 0.6) is 0 Å². The van der Waals surface area contributed by atoms with Crippen molar-refractivity contribution in [2.45, 2.75) is 25.7 Å². The third-order valence-corrected chi connectivity index (χ3v) is 6.64. The van der Waals surface area contributed by atoms with Crippen molar-refractivity contribution in [1.82, 2.24) is 4.90 Å². The summed E-state index contributed by atoms with van der Waals surface area (Å²) in [4.78, 5) is 39.2. The molecule has 2 saturated carbocycles. The summed E-state index contributed by atoms with van der Waals surface area (Å²) in [5, 5.41) is 4.97. The largest absolute Gasteiger partial charge is 0.325 e. The summed E-state index contributed by atoms with van der Waals surface area (Å²) < 4.78 is 0. The Kier molecular flexibility index (Phi) is 3.78. The number of carbonyl (C=O) groups excluding carboxylic acids is 3. The van der Waals surface area contributed by atoms with Gasteiger partial charge >= 0.3 is 0 Å². The molecule has 138 valence electrons. The predicted molar refractivity (Wildman–Crippen MR) is 102 cm³/mol. The van der Waals surface area contributed by atoms with Crippen LogP contribution in [0.25, 0.3) is 10.8 Å². The number of fused-ring (bicyclic) bond motifs is 6. The first-order valence-electron chi connectivity index (χ1n) is 9.76. The molecule has 2 aromatic rings. The number of nitrogens with zero attached hydrogens (tertiary/aromatic N) is 1. The minimum Gasteiger partial charge on any atom is -0.325 e. The highest BCUT2D eigenvalue weighted by Gasteiger charge is 2.60. The van der Waals surface area contributed by atoms with Gasteiger partial charge in [-0.25, -0.2) is 0 Å². The molecule has 2 aromatic carbocycles. The summed E-state index contributed by atoms with van der Waals surface area (Å²) in [6.07, 6.45) is 3.30. The van der Waals surface area contributed by atoms with Gasteiger partial charge in [0.1, 0.15) is 0 Å². The first kappa shape index (κ1) is 16.5. The molecular formula is C22H22N2O3. The molecule has 1 aliphatic heterocycles. The Labute approximate surface area is 157 Å². The summed E-state index contributed by atoms with van der Waals surface area (Å²) >= 11 is 0. The van der Waals surface area contributed by atoms with Crippen LogP contribution in [-0.2, 0) is 14.4 Å². The van der Waals surface area contributed by atoms with E-state index in [1.807, 2.05) is 42.5 Å². The number of imide groups is 1. The van der Waals surface area contributed by atoms with Gasteiger partial charge in [-0.1, -0.05) is 36.4 Å². The van der Waals surface area contributed by atoms with Crippen molar-refractivity contribution in [3.05, 3.63) is 42.5 Å². The van der Waals surface area contributed by atoms with Gasteiger partial charge in [-0.2, -0.15) is 0 Å². The van der Waals surface area contributed by atoms with Crippen LogP contribution < -0.4 is 5.32 Å². The van der Waals surface area contributed by atoms with Gasteiger partial charge in [-0.05, 0) is 42.6 Å². The zero-order valence-corrected chi connectivity index (χ0v) is 15.1. The highest BCUT2D eigenvalue weighted by molar-refractivity contribution is 6.07. The lowest BCUT2D eigenvalue weighted by molar-refractivity contribution is -0.140. The SMILES string of the molecule is O=C(CCN1C(=O)[C@@H]2[C@@H]3CC[C@H](C3)[C@@H]2C1=O)Nc1cccc2ccccc12. The average Bonchev–Trinajstić information content (AvgIpc) is 3.35. The van der Waals surface area contributed by atoms with Crippen molar-refractivity contribution in [2.24, 2.45) is 23.7 Å². The molecule has 3 aliphatic rings. The number of nitrogens with one attached hydrogen (secondary N) is 1. The first-order chi connectivity index (χ1) is 13.1. The van der Waals surface area contributed by atoms with Crippen LogP contribution in [0.15, 0.2) is 42.5 Å². The zero-order valence-electron chi connectivity index (χ0n) is 15.1. The molecule has 1 saturated heterocycles. The fraction of sp³-hybridized carbons (Fsp3) is 0.409. The van der Waals surface area contributed by atoms with Gasteiger partial charge in [0.25, 0.3) is 0 Å². The Hall–Kier alpha value is -2.69. The van der Waals surface area contributed by atoms with Crippen LogP contribution in [-0.4, -0.2) is 29.2 Å². The molecule has 0 radical (unpaired) electrons. The van der Waals surface area contributed by atoms with E-state index >= 15 is 0 Å². The summed E-state index contributed by atoms with van der Waals surface area (Å²) in [5.74, 6) is 0.268. The van der Waals surface area contributed by atoms with Crippen LogP contribution in [0.4, 0.5) is 5.69 Å². The fourth-order valence-electron chi connectivity index (χ4n) is 5.45. The van der Waals surface area contributed by atoms with E-state index in [2.05, 4.69) is 5.32 Å². The standard InChI is InChI=1S/C22H22N2O3/c25-18(23-17-7-3-5-13-4-1-2-6-16(13)17)10-11-24-21(26)19-14-8-9-15(12-14)20(19)22(24)27/h1-7,14-15,19-20H,8-12H2,(H,23,25)/t14-,15-,19-,20+/m1/s1. The lowest BCUT2D eigenvalue weighted by Gasteiger charge is -2.19. The maximum atomic E-state index is 12.7. The third kappa shape index (κ3) is 2.56. The molecule has 2 aliphatic carbocycles. The maximum absolute atomic E-state index is 12.7. The van der Waals surface area contributed by atoms with Crippen molar-refractivity contribution >= 4 is 34.2 Å². The number of hydrogen-bond donors (Lipinski definition) is 1. The van der Waals surface area contributed by atoms with Crippen molar-refractivity contribution in [2.75, 3.05) is 11.9 Å². The molecule has 2 bridgehead atoms. The minimum absolute atomic E-state index is 0.0461. The van der Waals surface area contributed by atoms with Crippen molar-refractivity contribution in [1.29, 1.82) is 0 Å².